The maximum absolute atomic E-state index is 15.0. The van der Waals surface area contributed by atoms with Gasteiger partial charge in [-0.2, -0.15) is 62.9 Å². The molecule has 0 saturated carbocycles. The van der Waals surface area contributed by atoms with Crippen LogP contribution in [-0.2, 0) is 101 Å². The highest BCUT2D eigenvalue weighted by molar-refractivity contribution is 5.94. The molecule has 0 radical (unpaired) electrons. The Kier molecular flexibility index (Phi) is 28.5. The SMILES string of the molecule is CCc1ccc(C[C@H]2OC(=O)[C@H](CC(C)C)N(C)C(=O)[C@@H](C)OC(=O)[C@H](CC(C)C)N(C)C(=O)[C@@H](Cc3ccc(C(C)n4nc(C(F)(F)F)cc4C(F)(F)F)cc3)OC(=O)[C@H](CC(C)C)N(C)C(=O)[C@@H](C)OC(=O)[C@H](CC(C)C)N(C)C2=O)cc1.FC(F)(F)c1cc(C(F)(F)F)[nH]n1. The van der Waals surface area contributed by atoms with Crippen molar-refractivity contribution in [2.75, 3.05) is 28.2 Å². The van der Waals surface area contributed by atoms with Gasteiger partial charge in [0.1, 0.15) is 35.6 Å². The number of benzene rings is 2. The molecule has 4 amide bonds. The largest absolute Gasteiger partial charge is 0.451 e. The third-order valence-corrected chi connectivity index (χ3v) is 16.1. The Hall–Kier alpha value is -8.22. The first-order valence-corrected chi connectivity index (χ1v) is 31.6. The number of H-pyrrole nitrogens is 1. The number of hydrogen-bond acceptors (Lipinski definition) is 14. The molecule has 9 atom stereocenters. The van der Waals surface area contributed by atoms with Crippen molar-refractivity contribution in [3.05, 3.63) is 106 Å². The van der Waals surface area contributed by atoms with Crippen molar-refractivity contribution in [1.29, 1.82) is 0 Å². The Balaban J connectivity index is 0.00000140. The van der Waals surface area contributed by atoms with E-state index in [0.29, 0.717) is 5.56 Å². The Bertz CT molecular complexity index is 3320. The van der Waals surface area contributed by atoms with E-state index < -0.39 is 156 Å². The van der Waals surface area contributed by atoms with E-state index in [9.17, 15) is 86.2 Å². The lowest BCUT2D eigenvalue weighted by Gasteiger charge is -2.35. The van der Waals surface area contributed by atoms with Crippen LogP contribution in [0.2, 0.25) is 0 Å². The van der Waals surface area contributed by atoms with E-state index in [1.165, 1.54) is 78.3 Å². The number of carbonyl (C=O) groups excluding carboxylic acids is 8. The van der Waals surface area contributed by atoms with Crippen molar-refractivity contribution in [3.63, 3.8) is 0 Å². The number of rotatable bonds is 15. The lowest BCUT2D eigenvalue weighted by molar-refractivity contribution is -0.176. The molecular weight excluding hydrogens is 1320 g/mol. The van der Waals surface area contributed by atoms with Gasteiger partial charge in [-0.25, -0.2) is 19.2 Å². The van der Waals surface area contributed by atoms with Gasteiger partial charge in [0.2, 0.25) is 0 Å². The summed E-state index contributed by atoms with van der Waals surface area (Å²) in [6, 6.07) is 5.39. The summed E-state index contributed by atoms with van der Waals surface area (Å²) in [6.45, 7) is 19.9. The Morgan fingerprint density at radius 3 is 1.06 bits per heavy atom. The second kappa shape index (κ2) is 34.0. The van der Waals surface area contributed by atoms with Crippen LogP contribution in [0.15, 0.2) is 60.7 Å². The number of nitrogens with one attached hydrogen (secondary N) is 1. The van der Waals surface area contributed by atoms with Gasteiger partial charge >= 0.3 is 48.6 Å². The first-order valence-electron chi connectivity index (χ1n) is 31.6. The van der Waals surface area contributed by atoms with Crippen molar-refractivity contribution in [2.24, 2.45) is 23.7 Å². The summed E-state index contributed by atoms with van der Waals surface area (Å²) in [6.07, 6.45) is -26.7. The fourth-order valence-electron chi connectivity index (χ4n) is 10.5. The lowest BCUT2D eigenvalue weighted by Crippen LogP contribution is -2.55. The molecule has 1 unspecified atom stereocenters. The molecule has 4 aromatic rings. The van der Waals surface area contributed by atoms with E-state index in [2.05, 4.69) is 10.2 Å². The number of likely N-dealkylation sites (N-methyl/N-ethyl adjacent to an activating group) is 4. The maximum atomic E-state index is 15.0. The number of halogens is 12. The van der Waals surface area contributed by atoms with Crippen LogP contribution >= 0.6 is 0 Å². The van der Waals surface area contributed by atoms with Crippen LogP contribution < -0.4 is 0 Å². The normalized spacial score (nSPS) is 22.1. The summed E-state index contributed by atoms with van der Waals surface area (Å²) >= 11 is 0. The van der Waals surface area contributed by atoms with Gasteiger partial charge in [-0.05, 0) is 98.8 Å². The summed E-state index contributed by atoms with van der Waals surface area (Å²) in [7, 11) is 5.16. The van der Waals surface area contributed by atoms with E-state index >= 15 is 4.79 Å². The molecule has 1 aliphatic heterocycles. The number of carbonyl (C=O) groups is 8. The number of aromatic amines is 1. The molecule has 1 saturated heterocycles. The summed E-state index contributed by atoms with van der Waals surface area (Å²) in [5, 5.41) is 6.98. The smallest absolute Gasteiger partial charge is 0.435 e. The molecule has 98 heavy (non-hydrogen) atoms. The highest BCUT2D eigenvalue weighted by Gasteiger charge is 2.46. The second-order valence-electron chi connectivity index (χ2n) is 25.9. The van der Waals surface area contributed by atoms with Gasteiger partial charge in [-0.1, -0.05) is 111 Å². The molecule has 1 N–H and O–H groups in total. The van der Waals surface area contributed by atoms with E-state index in [1.54, 1.807) is 67.5 Å². The molecule has 0 bridgehead atoms. The van der Waals surface area contributed by atoms with Gasteiger partial charge in [-0.15, -0.1) is 0 Å². The van der Waals surface area contributed by atoms with Crippen LogP contribution in [0.25, 0.3) is 0 Å². The summed E-state index contributed by atoms with van der Waals surface area (Å²) < 4.78 is 178. The number of esters is 4. The molecular formula is C66H86F12N8O12. The minimum Gasteiger partial charge on any atom is -0.451 e. The van der Waals surface area contributed by atoms with Crippen LogP contribution in [0.1, 0.15) is 160 Å². The minimum absolute atomic E-state index is 0.0194. The molecule has 32 heteroatoms. The van der Waals surface area contributed by atoms with E-state index in [-0.39, 0.29) is 83.7 Å². The number of aromatic nitrogens is 4. The Labute approximate surface area is 560 Å². The molecule has 546 valence electrons. The second-order valence-corrected chi connectivity index (χ2v) is 25.9. The number of aryl methyl sites for hydroxylation is 1. The zero-order valence-electron chi connectivity index (χ0n) is 57.3. The van der Waals surface area contributed by atoms with Crippen molar-refractivity contribution in [1.82, 2.24) is 39.6 Å². The Morgan fingerprint density at radius 2 is 0.765 bits per heavy atom. The van der Waals surface area contributed by atoms with Crippen LogP contribution in [-0.4, -0.2) is 164 Å². The third kappa shape index (κ3) is 22.7. The highest BCUT2D eigenvalue weighted by atomic mass is 19.4. The number of alkyl halides is 12. The maximum Gasteiger partial charge on any atom is 0.435 e. The topological polar surface area (TPSA) is 233 Å². The third-order valence-electron chi connectivity index (χ3n) is 16.1. The molecule has 1 aliphatic rings. The minimum atomic E-state index is -5.22. The van der Waals surface area contributed by atoms with Gasteiger partial charge in [0, 0.05) is 53.2 Å². The molecule has 0 aliphatic carbocycles. The number of ether oxygens (including phenoxy) is 4. The molecule has 2 aromatic heterocycles. The number of amides is 4. The summed E-state index contributed by atoms with van der Waals surface area (Å²) in [5.41, 5.74) is -4.61. The first kappa shape index (κ1) is 82.2. The zero-order chi connectivity index (χ0) is 74.6. The zero-order valence-corrected chi connectivity index (χ0v) is 57.3. The van der Waals surface area contributed by atoms with Crippen molar-refractivity contribution in [3.8, 4) is 0 Å². The standard InChI is InChI=1S/C61H84F6N6O12.C5H2F6N2/c1-17-40-18-20-41(21-19-40)30-48-54(76)71(15)44(26-33(2)3)56(78)82-39(12)53(75)70(14)47(29-36(8)9)59(81)85-49(31-42-22-24-43(25-23-42)37(10)73-51(61(65,66)67)32-50(68-73)60(62,63)64)55(77)72(16)45(27-34(4)5)57(79)83-38(11)52(74)69(13)46(28-35(6)7)58(80)84-48;6-4(7,8)2-1-3(13-12-2)5(9,10)11/h18-25,32-39,44-49H,17,26-31H2,1-16H3;1H,(H,12,13)/t37?,38-,39-,44+,45+,46+,47+,48-,49-;/m1./s1. The average molecular weight is 1410 g/mol. The first-order chi connectivity index (χ1) is 45.1. The van der Waals surface area contributed by atoms with Gasteiger partial charge in [0.25, 0.3) is 23.6 Å². The number of nitrogens with zero attached hydrogens (tertiary/aromatic N) is 7. The van der Waals surface area contributed by atoms with Gasteiger partial charge in [-0.3, -0.25) is 29.0 Å². The fourth-order valence-corrected chi connectivity index (χ4v) is 10.5. The molecule has 3 heterocycles. The van der Waals surface area contributed by atoms with Gasteiger partial charge < -0.3 is 38.5 Å². The van der Waals surface area contributed by atoms with Crippen molar-refractivity contribution in [2.45, 2.75) is 207 Å². The fraction of sp³-hybridized carbons (Fsp3) is 0.606. The van der Waals surface area contributed by atoms with E-state index in [1.807, 2.05) is 19.1 Å². The summed E-state index contributed by atoms with van der Waals surface area (Å²) in [5.74, 6) is -8.78. The average Bonchev–Trinajstić information content (AvgIpc) is 1.55. The summed E-state index contributed by atoms with van der Waals surface area (Å²) in [4.78, 5) is 121. The van der Waals surface area contributed by atoms with E-state index in [4.69, 9.17) is 18.9 Å². The van der Waals surface area contributed by atoms with Crippen molar-refractivity contribution >= 4 is 47.5 Å². The molecule has 1 fully saturated rings. The molecule has 20 nitrogen and oxygen atoms in total. The molecule has 2 aromatic carbocycles. The monoisotopic (exact) mass is 1410 g/mol. The molecule has 5 rings (SSSR count). The predicted molar refractivity (Wildman–Crippen MR) is 329 cm³/mol. The quantitative estimate of drug-likeness (QED) is 0.0663. The Morgan fingerprint density at radius 1 is 0.439 bits per heavy atom. The van der Waals surface area contributed by atoms with Crippen molar-refractivity contribution < 1.29 is 110 Å². The van der Waals surface area contributed by atoms with Gasteiger partial charge in [0.05, 0.1) is 6.04 Å². The van der Waals surface area contributed by atoms with Crippen LogP contribution in [0.3, 0.4) is 0 Å². The number of hydrogen-bond donors (Lipinski definition) is 1. The molecule has 0 spiro atoms. The predicted octanol–water partition coefficient (Wildman–Crippen LogP) is 11.5. The lowest BCUT2D eigenvalue weighted by atomic mass is 9.99. The van der Waals surface area contributed by atoms with Gasteiger partial charge in [0.15, 0.2) is 35.8 Å². The van der Waals surface area contributed by atoms with Crippen LogP contribution in [0, 0.1) is 23.7 Å². The highest BCUT2D eigenvalue weighted by Crippen LogP contribution is 2.38. The number of cyclic esters (lactones) is 4. The van der Waals surface area contributed by atoms with Crippen LogP contribution in [0.4, 0.5) is 52.7 Å². The van der Waals surface area contributed by atoms with E-state index in [0.717, 1.165) is 31.6 Å². The van der Waals surface area contributed by atoms with Crippen LogP contribution in [0.5, 0.6) is 0 Å².